The monoisotopic (exact) mass is 1650 g/mol. The first kappa shape index (κ1) is 70.9. The zero-order valence-electron chi connectivity index (χ0n) is 70.0. The minimum absolute atomic E-state index is 0.651. The smallest absolute Gasteiger partial charge is 0.235 e. The van der Waals surface area contributed by atoms with Gasteiger partial charge in [-0.1, -0.05) is 322 Å². The van der Waals surface area contributed by atoms with E-state index < -0.39 is 0 Å². The highest BCUT2D eigenvalue weighted by atomic mass is 15.2. The minimum Gasteiger partial charge on any atom is -0.309 e. The van der Waals surface area contributed by atoms with E-state index >= 15 is 0 Å². The van der Waals surface area contributed by atoms with Crippen LogP contribution in [0.4, 0.5) is 0 Å². The molecule has 0 radical (unpaired) electrons. The molecule has 0 N–H and O–H groups in total. The van der Waals surface area contributed by atoms with Crippen LogP contribution in [0, 0.1) is 0 Å². The van der Waals surface area contributed by atoms with Crippen molar-refractivity contribution in [2.75, 3.05) is 0 Å². The second kappa shape index (κ2) is 27.0. The Labute approximate surface area is 742 Å². The summed E-state index contributed by atoms with van der Waals surface area (Å²) in [7, 11) is 0. The van der Waals surface area contributed by atoms with E-state index in [2.05, 4.69) is 443 Å². The summed E-state index contributed by atoms with van der Waals surface area (Å²) in [4.78, 5) is 22.0. The molecule has 24 aromatic carbocycles. The molecule has 30 aromatic rings. The molecule has 8 nitrogen and oxygen atoms in total. The number of fused-ring (bicyclic) bond motifs is 26. The van der Waals surface area contributed by atoms with Gasteiger partial charge in [-0.2, -0.15) is 0 Å². The lowest BCUT2D eigenvalue weighted by Gasteiger charge is -2.17. The third-order valence-electron chi connectivity index (χ3n) is 28.2. The van der Waals surface area contributed by atoms with E-state index in [0.29, 0.717) is 11.9 Å². The first-order valence-corrected chi connectivity index (χ1v) is 44.7. The SMILES string of the molecule is c1ccc(-c2ccc3cc(-c4nc(-n5c6ccccc6c6c7cccc8c9cccc%10c9c(cc9c%10c%10ccccc%10n9-c9ccccc9)c(cc65)c87)nc5ccccc45)ccc3c2)cc1.c1ccc(-n2c3ccccc3c3c4cccc5c6cccc7c6c(cc6c7c7ccccc7n6-c6nc(-c7ccc8c(ccc9ccccc98)c7)c7ccccc7n6)c(cc32)c54)cc1. The maximum Gasteiger partial charge on any atom is 0.235 e. The van der Waals surface area contributed by atoms with Crippen LogP contribution < -0.4 is 0 Å². The van der Waals surface area contributed by atoms with Gasteiger partial charge in [-0.25, -0.2) is 19.9 Å². The summed E-state index contributed by atoms with van der Waals surface area (Å²) in [5.41, 5.74) is 19.6. The molecule has 0 fully saturated rings. The lowest BCUT2D eigenvalue weighted by atomic mass is 9.87. The Morgan fingerprint density at radius 2 is 0.431 bits per heavy atom. The van der Waals surface area contributed by atoms with Crippen LogP contribution in [0.3, 0.4) is 0 Å². The van der Waals surface area contributed by atoms with Crippen molar-refractivity contribution in [2.24, 2.45) is 0 Å². The number of hydrogen-bond acceptors (Lipinski definition) is 4. The van der Waals surface area contributed by atoms with Gasteiger partial charge in [0.05, 0.1) is 66.6 Å². The Balaban J connectivity index is 0.000000128. The van der Waals surface area contributed by atoms with Crippen molar-refractivity contribution in [3.63, 3.8) is 0 Å². The fourth-order valence-corrected chi connectivity index (χ4v) is 22.8. The zero-order chi connectivity index (χ0) is 84.7. The number of nitrogens with zero attached hydrogens (tertiary/aromatic N) is 8. The number of benzene rings is 24. The van der Waals surface area contributed by atoms with Crippen molar-refractivity contribution in [3.05, 3.63) is 425 Å². The van der Waals surface area contributed by atoms with Crippen molar-refractivity contribution in [3.8, 4) is 56.9 Å². The molecular formula is C122H70N8. The summed E-state index contributed by atoms with van der Waals surface area (Å²) < 4.78 is 9.52. The van der Waals surface area contributed by atoms with Gasteiger partial charge in [0.25, 0.3) is 0 Å². The highest BCUT2D eigenvalue weighted by Gasteiger charge is 2.29. The molecule has 0 atom stereocenters. The molecule has 0 saturated carbocycles. The second-order valence-corrected chi connectivity index (χ2v) is 34.9. The van der Waals surface area contributed by atoms with Crippen molar-refractivity contribution >= 4 is 228 Å². The number of rotatable bonds is 7. The lowest BCUT2D eigenvalue weighted by Crippen LogP contribution is -2.03. The maximum absolute atomic E-state index is 5.59. The first-order chi connectivity index (χ1) is 64.5. The summed E-state index contributed by atoms with van der Waals surface area (Å²) in [6.07, 6.45) is 0. The van der Waals surface area contributed by atoms with Crippen LogP contribution in [0.15, 0.2) is 425 Å². The van der Waals surface area contributed by atoms with Gasteiger partial charge < -0.3 is 9.13 Å². The Bertz CT molecular complexity index is 10100. The molecule has 0 unspecified atom stereocenters. The van der Waals surface area contributed by atoms with E-state index in [-0.39, 0.29) is 0 Å². The van der Waals surface area contributed by atoms with E-state index in [1.54, 1.807) is 0 Å². The van der Waals surface area contributed by atoms with Crippen LogP contribution in [0.2, 0.25) is 0 Å². The molecule has 0 aliphatic rings. The predicted molar refractivity (Wildman–Crippen MR) is 548 cm³/mol. The van der Waals surface area contributed by atoms with Gasteiger partial charge in [-0.15, -0.1) is 0 Å². The van der Waals surface area contributed by atoms with E-state index in [9.17, 15) is 0 Å². The molecular weight excluding hydrogens is 1580 g/mol. The highest BCUT2D eigenvalue weighted by Crippen LogP contribution is 2.53. The molecule has 8 heteroatoms. The van der Waals surface area contributed by atoms with Crippen LogP contribution in [0.1, 0.15) is 0 Å². The average molecular weight is 1650 g/mol. The molecule has 30 rings (SSSR count). The van der Waals surface area contributed by atoms with Gasteiger partial charge in [0, 0.05) is 76.4 Å². The van der Waals surface area contributed by atoms with Crippen molar-refractivity contribution in [2.45, 2.75) is 0 Å². The minimum atomic E-state index is 0.651. The molecule has 6 aromatic heterocycles. The standard InChI is InChI=1S/C62H36N4.C60H34N4/c1-3-15-37(16-4-1)38-29-30-40-34-41(32-31-39(40)33-38)61-45-19-7-10-26-52(45)63-62(64-61)66-54-28-12-9-21-47(54)60-49-25-14-23-44-43-22-13-24-48-57(43)50(51(58(44)49)36-56(60)66)35-55-59(48)46-20-8-11-27-53(46)65(55)42-17-5-2-6-18-42;1-2-15-38(16-3-1)63-51-26-10-7-19-44(51)57-46-23-12-21-41-42-22-13-24-47-56(42)49(48(55(41)46)33-53(57)63)34-54-58(47)45-20-8-11-27-52(45)64(54)60-61-50-25-9-6-18-43(50)59(62-60)37-30-31-40-36(32-37)29-28-35-14-4-5-17-39(35)40/h1-36H;1-34H. The summed E-state index contributed by atoms with van der Waals surface area (Å²) in [6, 6.07) is 155. The molecule has 0 bridgehead atoms. The fourth-order valence-electron chi connectivity index (χ4n) is 22.8. The quantitative estimate of drug-likeness (QED) is 0.118. The van der Waals surface area contributed by atoms with Gasteiger partial charge in [0.1, 0.15) is 0 Å². The normalized spacial score (nSPS) is 12.3. The predicted octanol–water partition coefficient (Wildman–Crippen LogP) is 32.2. The van der Waals surface area contributed by atoms with E-state index in [4.69, 9.17) is 19.9 Å². The Kier molecular flexibility index (Phi) is 14.7. The van der Waals surface area contributed by atoms with E-state index in [1.807, 2.05) is 0 Å². The number of aromatic nitrogens is 8. The third kappa shape index (κ3) is 10.0. The van der Waals surface area contributed by atoms with Crippen LogP contribution in [-0.4, -0.2) is 38.2 Å². The Hall–Kier alpha value is -17.5. The fraction of sp³-hybridized carbons (Fsp3) is 0. The third-order valence-corrected chi connectivity index (χ3v) is 28.2. The maximum atomic E-state index is 5.59. The van der Waals surface area contributed by atoms with Crippen LogP contribution in [0.25, 0.3) is 284 Å². The summed E-state index contributed by atoms with van der Waals surface area (Å²) >= 11 is 0. The molecule has 0 amide bonds. The summed E-state index contributed by atoms with van der Waals surface area (Å²) in [5.74, 6) is 1.31. The van der Waals surface area contributed by atoms with Crippen LogP contribution in [0.5, 0.6) is 0 Å². The molecule has 0 aliphatic heterocycles. The number of para-hydroxylation sites is 8. The largest absolute Gasteiger partial charge is 0.309 e. The topological polar surface area (TPSA) is 71.3 Å². The second-order valence-electron chi connectivity index (χ2n) is 34.9. The zero-order valence-corrected chi connectivity index (χ0v) is 70.0. The summed E-state index contributed by atoms with van der Waals surface area (Å²) in [6.45, 7) is 0. The first-order valence-electron chi connectivity index (χ1n) is 44.7. The van der Waals surface area contributed by atoms with Gasteiger partial charge in [0.2, 0.25) is 11.9 Å². The van der Waals surface area contributed by atoms with Gasteiger partial charge in [-0.3, -0.25) is 9.13 Å². The molecule has 0 spiro atoms. The highest BCUT2D eigenvalue weighted by molar-refractivity contribution is 6.44. The Morgan fingerprint density at radius 1 is 0.138 bits per heavy atom. The van der Waals surface area contributed by atoms with Gasteiger partial charge in [0.15, 0.2) is 0 Å². The molecule has 130 heavy (non-hydrogen) atoms. The molecule has 598 valence electrons. The van der Waals surface area contributed by atoms with Gasteiger partial charge in [-0.05, 0) is 233 Å². The molecule has 0 saturated heterocycles. The van der Waals surface area contributed by atoms with E-state index in [0.717, 1.165) is 77.8 Å². The molecule has 6 heterocycles. The van der Waals surface area contributed by atoms with Crippen molar-refractivity contribution < 1.29 is 0 Å². The van der Waals surface area contributed by atoms with Crippen molar-refractivity contribution in [1.82, 2.24) is 38.2 Å². The van der Waals surface area contributed by atoms with Crippen LogP contribution in [-0.2, 0) is 0 Å². The summed E-state index contributed by atoms with van der Waals surface area (Å²) in [5, 5.41) is 39.3. The lowest BCUT2D eigenvalue weighted by molar-refractivity contribution is 1.01. The Morgan fingerprint density at radius 3 is 0.862 bits per heavy atom. The van der Waals surface area contributed by atoms with Gasteiger partial charge >= 0.3 is 0 Å². The van der Waals surface area contributed by atoms with E-state index in [1.165, 1.54) is 195 Å². The van der Waals surface area contributed by atoms with Crippen molar-refractivity contribution in [1.29, 1.82) is 0 Å². The average Bonchev–Trinajstić information content (AvgIpc) is 1.45. The van der Waals surface area contributed by atoms with Crippen LogP contribution >= 0.6 is 0 Å². The molecule has 0 aliphatic carbocycles. The number of hydrogen-bond donors (Lipinski definition) is 0.